The van der Waals surface area contributed by atoms with Gasteiger partial charge in [-0.2, -0.15) is 5.10 Å². The Labute approximate surface area is 99.7 Å². The molecule has 0 saturated carbocycles. The summed E-state index contributed by atoms with van der Waals surface area (Å²) in [6.07, 6.45) is 1.76. The second kappa shape index (κ2) is 5.61. The smallest absolute Gasteiger partial charge is 0.0567 e. The Morgan fingerprint density at radius 3 is 3.06 bits per heavy atom. The van der Waals surface area contributed by atoms with Gasteiger partial charge in [-0.05, 0) is 30.0 Å². The van der Waals surface area contributed by atoms with Crippen LogP contribution in [-0.2, 0) is 6.54 Å². The van der Waals surface area contributed by atoms with Gasteiger partial charge in [-0.1, -0.05) is 13.0 Å². The molecule has 0 unspecified atom stereocenters. The molecule has 0 aliphatic heterocycles. The third kappa shape index (κ3) is 3.03. The van der Waals surface area contributed by atoms with E-state index in [0.717, 1.165) is 23.7 Å². The molecule has 0 atom stereocenters. The lowest BCUT2D eigenvalue weighted by atomic mass is 10.3. The van der Waals surface area contributed by atoms with E-state index in [2.05, 4.69) is 46.7 Å². The molecule has 2 rings (SSSR count). The van der Waals surface area contributed by atoms with Crippen molar-refractivity contribution in [1.29, 1.82) is 0 Å². The van der Waals surface area contributed by atoms with E-state index < -0.39 is 0 Å². The highest BCUT2D eigenvalue weighted by Crippen LogP contribution is 2.21. The molecule has 0 bridgehead atoms. The second-order valence-corrected chi connectivity index (χ2v) is 4.73. The zero-order valence-corrected chi connectivity index (χ0v) is 10.1. The van der Waals surface area contributed by atoms with Gasteiger partial charge in [0, 0.05) is 16.8 Å². The van der Waals surface area contributed by atoms with Crippen LogP contribution in [0.4, 0.5) is 5.69 Å². The number of nitrogens with zero attached hydrogens (tertiary/aromatic N) is 1. The minimum absolute atomic E-state index is 0.778. The van der Waals surface area contributed by atoms with E-state index in [4.69, 9.17) is 0 Å². The minimum atomic E-state index is 0.778. The van der Waals surface area contributed by atoms with Crippen LogP contribution in [0.5, 0.6) is 0 Å². The third-order valence-electron chi connectivity index (χ3n) is 2.19. The standard InChI is InChI=1S/C12H15N3S/c1-2-16-12-5-3-4-10(8-12)13-9-11-6-7-14-15-11/h3-8,13H,2,9H2,1H3,(H,14,15). The maximum atomic E-state index is 3.91. The molecular weight excluding hydrogens is 218 g/mol. The van der Waals surface area contributed by atoms with Crippen molar-refractivity contribution in [3.05, 3.63) is 42.2 Å². The van der Waals surface area contributed by atoms with E-state index in [0.29, 0.717) is 0 Å². The lowest BCUT2D eigenvalue weighted by molar-refractivity contribution is 0.981. The lowest BCUT2D eigenvalue weighted by Gasteiger charge is -2.06. The van der Waals surface area contributed by atoms with Crippen LogP contribution in [0.1, 0.15) is 12.6 Å². The maximum Gasteiger partial charge on any atom is 0.0567 e. The van der Waals surface area contributed by atoms with Gasteiger partial charge in [0.05, 0.1) is 12.2 Å². The summed E-state index contributed by atoms with van der Waals surface area (Å²) in [6, 6.07) is 10.4. The lowest BCUT2D eigenvalue weighted by Crippen LogP contribution is -1.99. The van der Waals surface area contributed by atoms with Crippen molar-refractivity contribution < 1.29 is 0 Å². The predicted molar refractivity (Wildman–Crippen MR) is 68.8 cm³/mol. The molecule has 16 heavy (non-hydrogen) atoms. The van der Waals surface area contributed by atoms with Crippen molar-refractivity contribution in [2.24, 2.45) is 0 Å². The summed E-state index contributed by atoms with van der Waals surface area (Å²) in [5.74, 6) is 1.10. The van der Waals surface area contributed by atoms with Crippen molar-refractivity contribution in [1.82, 2.24) is 10.2 Å². The van der Waals surface area contributed by atoms with Gasteiger partial charge < -0.3 is 5.32 Å². The van der Waals surface area contributed by atoms with E-state index in [1.165, 1.54) is 4.90 Å². The monoisotopic (exact) mass is 233 g/mol. The Kier molecular flexibility index (Phi) is 3.88. The molecule has 0 spiro atoms. The number of aromatic nitrogens is 2. The quantitative estimate of drug-likeness (QED) is 0.779. The first-order valence-corrected chi connectivity index (χ1v) is 6.32. The number of H-pyrrole nitrogens is 1. The van der Waals surface area contributed by atoms with Crippen LogP contribution in [0.15, 0.2) is 41.4 Å². The summed E-state index contributed by atoms with van der Waals surface area (Å²) in [5, 5.41) is 10.2. The maximum absolute atomic E-state index is 3.91. The Morgan fingerprint density at radius 2 is 2.31 bits per heavy atom. The molecule has 0 aliphatic carbocycles. The summed E-state index contributed by atoms with van der Waals surface area (Å²) in [5.41, 5.74) is 2.24. The summed E-state index contributed by atoms with van der Waals surface area (Å²) in [4.78, 5) is 1.30. The number of hydrogen-bond acceptors (Lipinski definition) is 3. The van der Waals surface area contributed by atoms with Gasteiger partial charge >= 0.3 is 0 Å². The van der Waals surface area contributed by atoms with E-state index in [9.17, 15) is 0 Å². The first-order valence-electron chi connectivity index (χ1n) is 5.33. The van der Waals surface area contributed by atoms with Crippen LogP contribution in [0, 0.1) is 0 Å². The molecule has 2 N–H and O–H groups in total. The largest absolute Gasteiger partial charge is 0.379 e. The fraction of sp³-hybridized carbons (Fsp3) is 0.250. The molecule has 0 saturated heterocycles. The van der Waals surface area contributed by atoms with Crippen LogP contribution in [-0.4, -0.2) is 16.0 Å². The number of nitrogens with one attached hydrogen (secondary N) is 2. The van der Waals surface area contributed by atoms with Crippen LogP contribution in [0.3, 0.4) is 0 Å². The molecule has 1 aromatic heterocycles. The van der Waals surface area contributed by atoms with Gasteiger partial charge in [0.25, 0.3) is 0 Å². The predicted octanol–water partition coefficient (Wildman–Crippen LogP) is 3.13. The van der Waals surface area contributed by atoms with E-state index in [-0.39, 0.29) is 0 Å². The van der Waals surface area contributed by atoms with Crippen LogP contribution in [0.2, 0.25) is 0 Å². The molecule has 0 amide bonds. The number of rotatable bonds is 5. The summed E-state index contributed by atoms with van der Waals surface area (Å²) in [6.45, 7) is 2.94. The van der Waals surface area contributed by atoms with Crippen molar-refractivity contribution in [3.8, 4) is 0 Å². The molecule has 0 aliphatic rings. The van der Waals surface area contributed by atoms with E-state index >= 15 is 0 Å². The summed E-state index contributed by atoms with van der Waals surface area (Å²) < 4.78 is 0. The Morgan fingerprint density at radius 1 is 1.38 bits per heavy atom. The van der Waals surface area contributed by atoms with Gasteiger partial charge in [0.15, 0.2) is 0 Å². The summed E-state index contributed by atoms with van der Waals surface area (Å²) in [7, 11) is 0. The van der Waals surface area contributed by atoms with E-state index in [1.807, 2.05) is 17.8 Å². The number of aromatic amines is 1. The van der Waals surface area contributed by atoms with Crippen molar-refractivity contribution in [2.45, 2.75) is 18.4 Å². The number of benzene rings is 1. The van der Waals surface area contributed by atoms with Crippen LogP contribution >= 0.6 is 11.8 Å². The highest BCUT2D eigenvalue weighted by Gasteiger charge is 1.96. The van der Waals surface area contributed by atoms with Gasteiger partial charge in [-0.25, -0.2) is 0 Å². The molecule has 0 radical (unpaired) electrons. The van der Waals surface area contributed by atoms with Crippen LogP contribution in [0.25, 0.3) is 0 Å². The fourth-order valence-electron chi connectivity index (χ4n) is 1.44. The molecule has 2 aromatic rings. The van der Waals surface area contributed by atoms with Crippen molar-refractivity contribution in [3.63, 3.8) is 0 Å². The van der Waals surface area contributed by atoms with Gasteiger partial charge in [-0.15, -0.1) is 11.8 Å². The Balaban J connectivity index is 1.96. The molecule has 3 nitrogen and oxygen atoms in total. The molecule has 4 heteroatoms. The first kappa shape index (κ1) is 11.1. The molecular formula is C12H15N3S. The third-order valence-corrected chi connectivity index (χ3v) is 3.06. The summed E-state index contributed by atoms with van der Waals surface area (Å²) >= 11 is 1.85. The zero-order valence-electron chi connectivity index (χ0n) is 9.23. The number of hydrogen-bond donors (Lipinski definition) is 2. The first-order chi connectivity index (χ1) is 7.88. The second-order valence-electron chi connectivity index (χ2n) is 3.40. The van der Waals surface area contributed by atoms with Crippen molar-refractivity contribution >= 4 is 17.4 Å². The SMILES string of the molecule is CCSc1cccc(NCc2ccn[nH]2)c1. The van der Waals surface area contributed by atoms with E-state index in [1.54, 1.807) is 6.20 Å². The fourth-order valence-corrected chi connectivity index (χ4v) is 2.16. The highest BCUT2D eigenvalue weighted by atomic mass is 32.2. The van der Waals surface area contributed by atoms with Gasteiger partial charge in [0.1, 0.15) is 0 Å². The zero-order chi connectivity index (χ0) is 11.2. The number of thioether (sulfide) groups is 1. The Hall–Kier alpha value is -1.42. The average Bonchev–Trinajstić information content (AvgIpc) is 2.80. The Bertz CT molecular complexity index is 426. The number of anilines is 1. The molecule has 1 aromatic carbocycles. The molecule has 84 valence electrons. The topological polar surface area (TPSA) is 40.7 Å². The van der Waals surface area contributed by atoms with Gasteiger partial charge in [0.2, 0.25) is 0 Å². The molecule has 1 heterocycles. The normalized spacial score (nSPS) is 10.3. The average molecular weight is 233 g/mol. The highest BCUT2D eigenvalue weighted by molar-refractivity contribution is 7.99. The molecule has 0 fully saturated rings. The van der Waals surface area contributed by atoms with Crippen LogP contribution < -0.4 is 5.32 Å². The van der Waals surface area contributed by atoms with Gasteiger partial charge in [-0.3, -0.25) is 5.10 Å². The van der Waals surface area contributed by atoms with Crippen molar-refractivity contribution in [2.75, 3.05) is 11.1 Å². The minimum Gasteiger partial charge on any atom is -0.379 e.